The smallest absolute Gasteiger partial charge is 0.324 e. The third-order valence-electron chi connectivity index (χ3n) is 2.95. The van der Waals surface area contributed by atoms with Crippen LogP contribution in [0.1, 0.15) is 32.3 Å². The molecule has 0 fully saturated rings. The fourth-order valence-electron chi connectivity index (χ4n) is 1.81. The van der Waals surface area contributed by atoms with Crippen LogP contribution in [0.25, 0.3) is 0 Å². The zero-order valence-electron chi connectivity index (χ0n) is 11.6. The first kappa shape index (κ1) is 17.1. The minimum absolute atomic E-state index is 0.0911. The topological polar surface area (TPSA) is 107 Å². The number of rotatable bonds is 6. The van der Waals surface area contributed by atoms with Gasteiger partial charge in [-0.05, 0) is 31.5 Å². The number of carboxylic acid groups (broad SMARTS) is 1. The number of halogens is 1. The van der Waals surface area contributed by atoms with Gasteiger partial charge in [0, 0.05) is 0 Å². The van der Waals surface area contributed by atoms with E-state index in [0.717, 1.165) is 18.2 Å². The Labute approximate surface area is 122 Å². The molecule has 1 unspecified atom stereocenters. The average molecular weight is 314 g/mol. The maximum Gasteiger partial charge on any atom is 0.324 e. The SMILES string of the molecule is CCCC(C)(NS(=O)(=O)c1ccc(F)c(C#N)c1)C(=O)O. The highest BCUT2D eigenvalue weighted by Crippen LogP contribution is 2.20. The Kier molecular flexibility index (Phi) is 5.04. The van der Waals surface area contributed by atoms with Crippen LogP contribution in [-0.2, 0) is 14.8 Å². The Morgan fingerprint density at radius 1 is 1.52 bits per heavy atom. The molecule has 1 aromatic rings. The van der Waals surface area contributed by atoms with Crippen LogP contribution in [0, 0.1) is 17.1 Å². The van der Waals surface area contributed by atoms with E-state index >= 15 is 0 Å². The van der Waals surface area contributed by atoms with E-state index in [2.05, 4.69) is 4.72 Å². The summed E-state index contributed by atoms with van der Waals surface area (Å²) in [6.07, 6.45) is 0.548. The monoisotopic (exact) mass is 314 g/mol. The molecular weight excluding hydrogens is 299 g/mol. The van der Waals surface area contributed by atoms with Crippen molar-refractivity contribution in [3.63, 3.8) is 0 Å². The third-order valence-corrected chi connectivity index (χ3v) is 4.54. The minimum Gasteiger partial charge on any atom is -0.480 e. The number of aliphatic carboxylic acids is 1. The number of benzene rings is 1. The molecule has 0 spiro atoms. The second-order valence-corrected chi connectivity index (χ2v) is 6.43. The van der Waals surface area contributed by atoms with Crippen molar-refractivity contribution in [3.05, 3.63) is 29.6 Å². The lowest BCUT2D eigenvalue weighted by Gasteiger charge is -2.25. The summed E-state index contributed by atoms with van der Waals surface area (Å²) >= 11 is 0. The summed E-state index contributed by atoms with van der Waals surface area (Å²) in [5.41, 5.74) is -2.10. The van der Waals surface area contributed by atoms with E-state index in [1.54, 1.807) is 6.92 Å². The van der Waals surface area contributed by atoms with Gasteiger partial charge in [0.1, 0.15) is 17.4 Å². The van der Waals surface area contributed by atoms with Crippen molar-refractivity contribution < 1.29 is 22.7 Å². The van der Waals surface area contributed by atoms with Gasteiger partial charge in [0.2, 0.25) is 10.0 Å². The van der Waals surface area contributed by atoms with Crippen molar-refractivity contribution in [2.45, 2.75) is 37.1 Å². The Hall–Kier alpha value is -1.98. The van der Waals surface area contributed by atoms with Crippen LogP contribution in [0.4, 0.5) is 4.39 Å². The first-order valence-electron chi connectivity index (χ1n) is 6.13. The summed E-state index contributed by atoms with van der Waals surface area (Å²) in [4.78, 5) is 10.9. The molecule has 0 aliphatic rings. The Balaban J connectivity index is 3.23. The zero-order chi connectivity index (χ0) is 16.3. The molecule has 1 rings (SSSR count). The van der Waals surface area contributed by atoms with Crippen molar-refractivity contribution in [1.29, 1.82) is 5.26 Å². The van der Waals surface area contributed by atoms with Crippen LogP contribution >= 0.6 is 0 Å². The molecule has 21 heavy (non-hydrogen) atoms. The van der Waals surface area contributed by atoms with E-state index < -0.39 is 32.9 Å². The van der Waals surface area contributed by atoms with E-state index in [-0.39, 0.29) is 11.3 Å². The largest absolute Gasteiger partial charge is 0.480 e. The quantitative estimate of drug-likeness (QED) is 0.829. The van der Waals surface area contributed by atoms with Gasteiger partial charge in [-0.2, -0.15) is 9.98 Å². The molecule has 0 aliphatic heterocycles. The molecular formula is C13H15FN2O4S. The van der Waals surface area contributed by atoms with Gasteiger partial charge in [0.25, 0.3) is 0 Å². The number of hydrogen-bond donors (Lipinski definition) is 2. The van der Waals surface area contributed by atoms with Gasteiger partial charge >= 0.3 is 5.97 Å². The summed E-state index contributed by atoms with van der Waals surface area (Å²) in [6, 6.07) is 4.23. The molecule has 8 heteroatoms. The molecule has 0 radical (unpaired) electrons. The van der Waals surface area contributed by atoms with Crippen LogP contribution < -0.4 is 4.72 Å². The highest BCUT2D eigenvalue weighted by atomic mass is 32.2. The van der Waals surface area contributed by atoms with Crippen LogP contribution in [0.2, 0.25) is 0 Å². The standard InChI is InChI=1S/C13H15FN2O4S/c1-3-6-13(2,12(17)18)16-21(19,20)10-4-5-11(14)9(7-10)8-15/h4-5,7,16H,3,6H2,1-2H3,(H,17,18). The predicted molar refractivity (Wildman–Crippen MR) is 72.4 cm³/mol. The molecule has 1 aromatic carbocycles. The summed E-state index contributed by atoms with van der Waals surface area (Å²) in [5, 5.41) is 17.9. The molecule has 0 amide bonds. The highest BCUT2D eigenvalue weighted by molar-refractivity contribution is 7.89. The number of nitrogens with one attached hydrogen (secondary N) is 1. The van der Waals surface area contributed by atoms with Gasteiger partial charge in [-0.25, -0.2) is 12.8 Å². The molecule has 2 N–H and O–H groups in total. The summed E-state index contributed by atoms with van der Waals surface area (Å²) in [7, 11) is -4.18. The maximum absolute atomic E-state index is 13.2. The fourth-order valence-corrected chi connectivity index (χ4v) is 3.23. The van der Waals surface area contributed by atoms with E-state index in [9.17, 15) is 22.7 Å². The summed E-state index contributed by atoms with van der Waals surface area (Å²) < 4.78 is 39.7. The molecule has 0 saturated carbocycles. The molecule has 0 bridgehead atoms. The number of nitrogens with zero attached hydrogens (tertiary/aromatic N) is 1. The number of carbonyl (C=O) groups is 1. The summed E-state index contributed by atoms with van der Waals surface area (Å²) in [5.74, 6) is -2.15. The van der Waals surface area contributed by atoms with E-state index in [4.69, 9.17) is 5.26 Å². The molecule has 1 atom stereocenters. The molecule has 0 aliphatic carbocycles. The molecule has 6 nitrogen and oxygen atoms in total. The first-order valence-corrected chi connectivity index (χ1v) is 7.61. The second kappa shape index (κ2) is 6.20. The zero-order valence-corrected chi connectivity index (χ0v) is 12.4. The number of carboxylic acids is 1. The lowest BCUT2D eigenvalue weighted by Crippen LogP contribution is -2.51. The first-order chi connectivity index (χ1) is 9.66. The van der Waals surface area contributed by atoms with Gasteiger partial charge in [0.15, 0.2) is 0 Å². The third kappa shape index (κ3) is 3.77. The Morgan fingerprint density at radius 3 is 2.62 bits per heavy atom. The second-order valence-electron chi connectivity index (χ2n) is 4.75. The Bertz CT molecular complexity index is 697. The van der Waals surface area contributed by atoms with Gasteiger partial charge in [0.05, 0.1) is 10.5 Å². The van der Waals surface area contributed by atoms with Crippen molar-refractivity contribution >= 4 is 16.0 Å². The molecule has 114 valence electrons. The maximum atomic E-state index is 13.2. The lowest BCUT2D eigenvalue weighted by molar-refractivity contribution is -0.143. The molecule has 0 heterocycles. The van der Waals surface area contributed by atoms with Crippen LogP contribution in [-0.4, -0.2) is 25.0 Å². The number of nitriles is 1. The number of sulfonamides is 1. The van der Waals surface area contributed by atoms with Gasteiger partial charge in [-0.3, -0.25) is 4.79 Å². The lowest BCUT2D eigenvalue weighted by atomic mass is 9.98. The van der Waals surface area contributed by atoms with E-state index in [1.807, 2.05) is 0 Å². The normalized spacial score (nSPS) is 14.2. The van der Waals surface area contributed by atoms with E-state index in [1.165, 1.54) is 13.0 Å². The van der Waals surface area contributed by atoms with Crippen molar-refractivity contribution in [3.8, 4) is 6.07 Å². The van der Waals surface area contributed by atoms with Crippen LogP contribution in [0.5, 0.6) is 0 Å². The molecule has 0 aromatic heterocycles. The molecule has 0 saturated heterocycles. The van der Waals surface area contributed by atoms with Crippen molar-refractivity contribution in [2.75, 3.05) is 0 Å². The summed E-state index contributed by atoms with van der Waals surface area (Å²) in [6.45, 7) is 2.98. The van der Waals surface area contributed by atoms with Crippen molar-refractivity contribution in [1.82, 2.24) is 4.72 Å². The average Bonchev–Trinajstić information content (AvgIpc) is 2.38. The highest BCUT2D eigenvalue weighted by Gasteiger charge is 2.37. The van der Waals surface area contributed by atoms with Crippen LogP contribution in [0.15, 0.2) is 23.1 Å². The Morgan fingerprint density at radius 2 is 2.14 bits per heavy atom. The van der Waals surface area contributed by atoms with Gasteiger partial charge in [-0.15, -0.1) is 0 Å². The number of hydrogen-bond acceptors (Lipinski definition) is 4. The van der Waals surface area contributed by atoms with Gasteiger partial charge in [-0.1, -0.05) is 13.3 Å². The fraction of sp³-hybridized carbons (Fsp3) is 0.385. The van der Waals surface area contributed by atoms with Crippen molar-refractivity contribution in [2.24, 2.45) is 0 Å². The predicted octanol–water partition coefficient (Wildman–Crippen LogP) is 1.62. The van der Waals surface area contributed by atoms with Gasteiger partial charge < -0.3 is 5.11 Å². The van der Waals surface area contributed by atoms with E-state index in [0.29, 0.717) is 6.42 Å². The van der Waals surface area contributed by atoms with Crippen LogP contribution in [0.3, 0.4) is 0 Å². The minimum atomic E-state index is -4.18.